The van der Waals surface area contributed by atoms with Gasteiger partial charge in [0, 0.05) is 18.0 Å². The van der Waals surface area contributed by atoms with Gasteiger partial charge in [-0.15, -0.1) is 3.89 Å². The largest absolute Gasteiger partial charge is 0.333 e. The highest BCUT2D eigenvalue weighted by molar-refractivity contribution is 7.86. The predicted molar refractivity (Wildman–Crippen MR) is 69.4 cm³/mol. The molecule has 1 atom stereocenters. The first-order valence-corrected chi connectivity index (χ1v) is 7.49. The minimum atomic E-state index is -4.82. The molecule has 2 aromatic rings. The van der Waals surface area contributed by atoms with Crippen LogP contribution in [0.4, 0.5) is 3.89 Å². The van der Waals surface area contributed by atoms with E-state index in [0.717, 1.165) is 12.3 Å². The smallest absolute Gasteiger partial charge is 0.320 e. The SMILES string of the molecule is O=C1CCC(n2ccc3cc(S(=O)(=O)F)cnc32)C(=O)N1. The van der Waals surface area contributed by atoms with Crippen LogP contribution in [-0.4, -0.2) is 29.8 Å². The first kappa shape index (κ1) is 13.7. The molecule has 1 saturated heterocycles. The number of aromatic nitrogens is 2. The minimum absolute atomic E-state index is 0.215. The highest BCUT2D eigenvalue weighted by Gasteiger charge is 2.29. The Morgan fingerprint density at radius 3 is 2.81 bits per heavy atom. The Balaban J connectivity index is 2.05. The van der Waals surface area contributed by atoms with E-state index in [-0.39, 0.29) is 12.3 Å². The van der Waals surface area contributed by atoms with E-state index in [4.69, 9.17) is 0 Å². The summed E-state index contributed by atoms with van der Waals surface area (Å²) in [7, 11) is -4.82. The van der Waals surface area contributed by atoms with E-state index in [1.165, 1.54) is 0 Å². The van der Waals surface area contributed by atoms with Crippen LogP contribution in [0.25, 0.3) is 11.0 Å². The standard InChI is InChI=1S/C12H10FN3O4S/c13-21(19,20)8-5-7-3-4-16(11(7)14-6-8)9-1-2-10(17)15-12(9)18/h3-6,9H,1-2H2,(H,15,17,18). The summed E-state index contributed by atoms with van der Waals surface area (Å²) in [6.07, 6.45) is 3.01. The minimum Gasteiger partial charge on any atom is -0.320 e. The zero-order valence-electron chi connectivity index (χ0n) is 10.6. The number of rotatable bonds is 2. The van der Waals surface area contributed by atoms with Gasteiger partial charge >= 0.3 is 10.2 Å². The number of pyridine rings is 1. The van der Waals surface area contributed by atoms with E-state index in [1.807, 2.05) is 0 Å². The average Bonchev–Trinajstić information content (AvgIpc) is 2.80. The molecule has 0 bridgehead atoms. The molecule has 3 heterocycles. The second-order valence-corrected chi connectivity index (χ2v) is 6.06. The van der Waals surface area contributed by atoms with Crippen molar-refractivity contribution in [3.8, 4) is 0 Å². The van der Waals surface area contributed by atoms with E-state index in [9.17, 15) is 21.9 Å². The molecule has 0 aromatic carbocycles. The summed E-state index contributed by atoms with van der Waals surface area (Å²) in [6, 6.07) is 2.10. The van der Waals surface area contributed by atoms with Gasteiger partial charge in [0.25, 0.3) is 0 Å². The lowest BCUT2D eigenvalue weighted by atomic mass is 10.1. The highest BCUT2D eigenvalue weighted by atomic mass is 32.3. The van der Waals surface area contributed by atoms with E-state index in [2.05, 4.69) is 10.3 Å². The topological polar surface area (TPSA) is 98.1 Å². The predicted octanol–water partition coefficient (Wildman–Crippen LogP) is 0.672. The molecule has 1 unspecified atom stereocenters. The van der Waals surface area contributed by atoms with E-state index in [0.29, 0.717) is 17.5 Å². The normalized spacial score (nSPS) is 19.8. The molecule has 21 heavy (non-hydrogen) atoms. The summed E-state index contributed by atoms with van der Waals surface area (Å²) in [5.74, 6) is -0.765. The number of nitrogens with one attached hydrogen (secondary N) is 1. The fraction of sp³-hybridized carbons (Fsp3) is 0.250. The first-order chi connectivity index (χ1) is 9.86. The maximum Gasteiger partial charge on any atom is 0.333 e. The third-order valence-corrected chi connectivity index (χ3v) is 4.14. The molecule has 2 aromatic heterocycles. The molecule has 1 aliphatic heterocycles. The average molecular weight is 311 g/mol. The number of carbonyl (C=O) groups is 2. The van der Waals surface area contributed by atoms with Gasteiger partial charge in [0.1, 0.15) is 16.6 Å². The number of hydrogen-bond acceptors (Lipinski definition) is 5. The Kier molecular flexibility index (Phi) is 3.01. The third kappa shape index (κ3) is 2.40. The summed E-state index contributed by atoms with van der Waals surface area (Å²) < 4.78 is 36.2. The number of hydrogen-bond donors (Lipinski definition) is 1. The Morgan fingerprint density at radius 1 is 1.38 bits per heavy atom. The summed E-state index contributed by atoms with van der Waals surface area (Å²) in [4.78, 5) is 26.4. The lowest BCUT2D eigenvalue weighted by Crippen LogP contribution is -2.41. The van der Waals surface area contributed by atoms with Crippen LogP contribution in [0.2, 0.25) is 0 Å². The van der Waals surface area contributed by atoms with Crippen molar-refractivity contribution in [3.63, 3.8) is 0 Å². The molecule has 9 heteroatoms. The van der Waals surface area contributed by atoms with Gasteiger partial charge < -0.3 is 4.57 Å². The molecule has 0 aliphatic carbocycles. The van der Waals surface area contributed by atoms with Crippen molar-refractivity contribution >= 4 is 33.1 Å². The van der Waals surface area contributed by atoms with Crippen LogP contribution < -0.4 is 5.32 Å². The van der Waals surface area contributed by atoms with Crippen LogP contribution in [0, 0.1) is 0 Å². The lowest BCUT2D eigenvalue weighted by Gasteiger charge is -2.22. The fourth-order valence-electron chi connectivity index (χ4n) is 2.36. The Bertz CT molecular complexity index is 859. The van der Waals surface area contributed by atoms with E-state index in [1.54, 1.807) is 16.8 Å². The van der Waals surface area contributed by atoms with Gasteiger partial charge in [-0.05, 0) is 18.6 Å². The van der Waals surface area contributed by atoms with Gasteiger partial charge in [-0.25, -0.2) is 4.98 Å². The molecule has 0 saturated carbocycles. The second kappa shape index (κ2) is 4.62. The molecule has 1 N–H and O–H groups in total. The molecule has 0 radical (unpaired) electrons. The van der Waals surface area contributed by atoms with Crippen LogP contribution in [0.15, 0.2) is 29.4 Å². The summed E-state index contributed by atoms with van der Waals surface area (Å²) in [5, 5.41) is 2.64. The van der Waals surface area contributed by atoms with Crippen molar-refractivity contribution in [1.29, 1.82) is 0 Å². The fourth-order valence-corrected chi connectivity index (χ4v) is 2.80. The molecule has 1 fully saturated rings. The zero-order chi connectivity index (χ0) is 15.2. The maximum absolute atomic E-state index is 12.9. The third-order valence-electron chi connectivity index (χ3n) is 3.36. The summed E-state index contributed by atoms with van der Waals surface area (Å²) >= 11 is 0. The number of amides is 2. The van der Waals surface area contributed by atoms with Gasteiger partial charge in [0.2, 0.25) is 11.8 Å². The van der Waals surface area contributed by atoms with Crippen molar-refractivity contribution in [2.24, 2.45) is 0 Å². The van der Waals surface area contributed by atoms with Gasteiger partial charge in [-0.3, -0.25) is 14.9 Å². The van der Waals surface area contributed by atoms with Gasteiger partial charge in [-0.1, -0.05) is 0 Å². The molecule has 1 aliphatic rings. The van der Waals surface area contributed by atoms with E-state index < -0.39 is 27.1 Å². The molecule has 7 nitrogen and oxygen atoms in total. The zero-order valence-corrected chi connectivity index (χ0v) is 11.4. The number of imide groups is 1. The van der Waals surface area contributed by atoms with Crippen LogP contribution >= 0.6 is 0 Å². The second-order valence-electron chi connectivity index (χ2n) is 4.71. The Hall–Kier alpha value is -2.29. The van der Waals surface area contributed by atoms with Crippen LogP contribution in [-0.2, 0) is 19.8 Å². The molecule has 110 valence electrons. The highest BCUT2D eigenvalue weighted by Crippen LogP contribution is 2.25. The van der Waals surface area contributed by atoms with Crippen LogP contribution in [0.5, 0.6) is 0 Å². The first-order valence-electron chi connectivity index (χ1n) is 6.11. The molecular formula is C12H10FN3O4S. The number of piperidine rings is 1. The number of fused-ring (bicyclic) bond motifs is 1. The summed E-state index contributed by atoms with van der Waals surface area (Å²) in [6.45, 7) is 0. The number of nitrogens with zero attached hydrogens (tertiary/aromatic N) is 2. The molecular weight excluding hydrogens is 301 g/mol. The van der Waals surface area contributed by atoms with E-state index >= 15 is 0 Å². The maximum atomic E-state index is 12.9. The Labute approximate surface area is 119 Å². The van der Waals surface area contributed by atoms with Crippen LogP contribution in [0.3, 0.4) is 0 Å². The molecule has 3 rings (SSSR count). The van der Waals surface area contributed by atoms with Gasteiger partial charge in [0.05, 0.1) is 6.20 Å². The van der Waals surface area contributed by atoms with Crippen molar-refractivity contribution < 1.29 is 21.9 Å². The number of carbonyl (C=O) groups excluding carboxylic acids is 2. The molecule has 0 spiro atoms. The van der Waals surface area contributed by atoms with Crippen molar-refractivity contribution in [3.05, 3.63) is 24.5 Å². The monoisotopic (exact) mass is 311 g/mol. The number of halogens is 1. The van der Waals surface area contributed by atoms with Gasteiger partial charge in [-0.2, -0.15) is 8.42 Å². The lowest BCUT2D eigenvalue weighted by molar-refractivity contribution is -0.135. The molecule has 2 amide bonds. The van der Waals surface area contributed by atoms with Crippen molar-refractivity contribution in [2.45, 2.75) is 23.8 Å². The Morgan fingerprint density at radius 2 is 2.14 bits per heavy atom. The van der Waals surface area contributed by atoms with Crippen LogP contribution in [0.1, 0.15) is 18.9 Å². The summed E-state index contributed by atoms with van der Waals surface area (Å²) in [5.41, 5.74) is 0.358. The van der Waals surface area contributed by atoms with Gasteiger partial charge in [0.15, 0.2) is 0 Å². The van der Waals surface area contributed by atoms with Crippen molar-refractivity contribution in [2.75, 3.05) is 0 Å². The quantitative estimate of drug-likeness (QED) is 0.649. The van der Waals surface area contributed by atoms with Crippen molar-refractivity contribution in [1.82, 2.24) is 14.9 Å².